The summed E-state index contributed by atoms with van der Waals surface area (Å²) < 4.78 is 24.2. The van der Waals surface area contributed by atoms with Gasteiger partial charge in [-0.05, 0) is 38.0 Å². The van der Waals surface area contributed by atoms with Crippen LogP contribution in [0.2, 0.25) is 0 Å². The fourth-order valence-corrected chi connectivity index (χ4v) is 2.21. The van der Waals surface area contributed by atoms with Crippen molar-refractivity contribution >= 4 is 35.8 Å². The summed E-state index contributed by atoms with van der Waals surface area (Å²) in [5, 5.41) is 6.38. The largest absolute Gasteiger partial charge is 0.494 e. The van der Waals surface area contributed by atoms with E-state index in [1.54, 1.807) is 26.2 Å². The topological polar surface area (TPSA) is 75.2 Å². The van der Waals surface area contributed by atoms with Gasteiger partial charge in [0.15, 0.2) is 17.5 Å². The lowest BCUT2D eigenvalue weighted by Gasteiger charge is -2.19. The van der Waals surface area contributed by atoms with Crippen molar-refractivity contribution in [3.05, 3.63) is 29.6 Å². The maximum absolute atomic E-state index is 13.9. The zero-order valence-corrected chi connectivity index (χ0v) is 19.6. The van der Waals surface area contributed by atoms with Crippen LogP contribution in [0.1, 0.15) is 31.9 Å². The summed E-state index contributed by atoms with van der Waals surface area (Å²) in [5.74, 6) is 0.166. The molecule has 1 atom stereocenters. The van der Waals surface area contributed by atoms with Crippen LogP contribution in [0.3, 0.4) is 0 Å². The maximum atomic E-state index is 13.9. The highest BCUT2D eigenvalue weighted by Gasteiger charge is 2.12. The van der Waals surface area contributed by atoms with E-state index in [9.17, 15) is 9.18 Å². The minimum atomic E-state index is -0.422. The molecule has 0 heterocycles. The molecule has 1 unspecified atom stereocenters. The molecule has 9 heteroatoms. The van der Waals surface area contributed by atoms with Crippen molar-refractivity contribution < 1.29 is 18.7 Å². The normalized spacial score (nSPS) is 12.0. The van der Waals surface area contributed by atoms with Crippen molar-refractivity contribution in [3.8, 4) is 5.75 Å². The first kappa shape index (κ1) is 26.4. The first-order valence-electron chi connectivity index (χ1n) is 9.05. The van der Waals surface area contributed by atoms with E-state index in [1.807, 2.05) is 13.8 Å². The zero-order valence-electron chi connectivity index (χ0n) is 17.3. The molecule has 1 amide bonds. The molecular formula is C19H32FIN4O3. The Morgan fingerprint density at radius 3 is 2.64 bits per heavy atom. The lowest BCUT2D eigenvalue weighted by atomic mass is 10.1. The number of methoxy groups -OCH3 is 1. The highest BCUT2D eigenvalue weighted by molar-refractivity contribution is 14.0. The van der Waals surface area contributed by atoms with Gasteiger partial charge >= 0.3 is 0 Å². The van der Waals surface area contributed by atoms with E-state index >= 15 is 0 Å². The lowest BCUT2D eigenvalue weighted by molar-refractivity contribution is -0.127. The molecule has 0 bridgehead atoms. The molecule has 7 nitrogen and oxygen atoms in total. The number of likely N-dealkylation sites (N-methyl/N-ethyl adjacent to an activating group) is 1. The van der Waals surface area contributed by atoms with Gasteiger partial charge in [0.1, 0.15) is 6.54 Å². The minimum absolute atomic E-state index is 0. The molecule has 0 aliphatic heterocycles. The Morgan fingerprint density at radius 1 is 1.36 bits per heavy atom. The number of amides is 1. The van der Waals surface area contributed by atoms with E-state index in [-0.39, 0.29) is 48.2 Å². The maximum Gasteiger partial charge on any atom is 0.243 e. The van der Waals surface area contributed by atoms with Gasteiger partial charge in [0.2, 0.25) is 5.91 Å². The average Bonchev–Trinajstić information content (AvgIpc) is 2.64. The van der Waals surface area contributed by atoms with Crippen LogP contribution in [0.15, 0.2) is 23.2 Å². The van der Waals surface area contributed by atoms with Crippen LogP contribution in [0.4, 0.5) is 4.39 Å². The Bertz CT molecular complexity index is 629. The molecule has 0 saturated heterocycles. The molecule has 1 aromatic rings. The third-order valence-electron chi connectivity index (χ3n) is 3.86. The monoisotopic (exact) mass is 510 g/mol. The standard InChI is InChI=1S/C19H31FN4O3.HI/c1-6-27-11-7-10-21-19(22-13-18(25)24(3)4)23-14(2)15-8-9-17(26-5)16(20)12-15;/h8-9,12,14H,6-7,10-11,13H2,1-5H3,(H2,21,22,23);1H. The third kappa shape index (κ3) is 9.54. The molecule has 0 fully saturated rings. The molecule has 160 valence electrons. The Morgan fingerprint density at radius 2 is 2.07 bits per heavy atom. The number of nitrogens with zero attached hydrogens (tertiary/aromatic N) is 2. The fraction of sp³-hybridized carbons (Fsp3) is 0.579. The predicted octanol–water partition coefficient (Wildman–Crippen LogP) is 2.56. The molecule has 0 radical (unpaired) electrons. The van der Waals surface area contributed by atoms with Gasteiger partial charge in [-0.1, -0.05) is 6.07 Å². The second-order valence-corrected chi connectivity index (χ2v) is 6.19. The van der Waals surface area contributed by atoms with Gasteiger partial charge in [0.25, 0.3) is 0 Å². The van der Waals surface area contributed by atoms with Gasteiger partial charge in [-0.25, -0.2) is 9.38 Å². The van der Waals surface area contributed by atoms with Gasteiger partial charge in [-0.15, -0.1) is 24.0 Å². The van der Waals surface area contributed by atoms with Crippen LogP contribution in [-0.2, 0) is 9.53 Å². The summed E-state index contributed by atoms with van der Waals surface area (Å²) in [5.41, 5.74) is 0.746. The van der Waals surface area contributed by atoms with Gasteiger partial charge in [-0.3, -0.25) is 4.79 Å². The Hall–Kier alpha value is -1.62. The number of ether oxygens (including phenoxy) is 2. The van der Waals surface area contributed by atoms with Gasteiger partial charge < -0.3 is 25.0 Å². The summed E-state index contributed by atoms with van der Waals surface area (Å²) >= 11 is 0. The average molecular weight is 510 g/mol. The van der Waals surface area contributed by atoms with Crippen LogP contribution in [0.5, 0.6) is 5.75 Å². The quantitative estimate of drug-likeness (QED) is 0.219. The smallest absolute Gasteiger partial charge is 0.243 e. The first-order valence-corrected chi connectivity index (χ1v) is 9.05. The molecule has 2 N–H and O–H groups in total. The van der Waals surface area contributed by atoms with Crippen molar-refractivity contribution in [1.29, 1.82) is 0 Å². The van der Waals surface area contributed by atoms with Crippen LogP contribution in [0.25, 0.3) is 0 Å². The second kappa shape index (κ2) is 14.4. The van der Waals surface area contributed by atoms with E-state index < -0.39 is 5.82 Å². The Labute approximate surface area is 184 Å². The fourth-order valence-electron chi connectivity index (χ4n) is 2.21. The molecule has 1 rings (SSSR count). The van der Waals surface area contributed by atoms with Gasteiger partial charge in [0.05, 0.1) is 13.2 Å². The Kier molecular flexibility index (Phi) is 13.6. The number of hydrogen-bond donors (Lipinski definition) is 2. The first-order chi connectivity index (χ1) is 12.9. The number of carbonyl (C=O) groups is 1. The number of rotatable bonds is 10. The van der Waals surface area contributed by atoms with E-state index in [1.165, 1.54) is 18.1 Å². The van der Waals surface area contributed by atoms with Crippen LogP contribution in [0, 0.1) is 5.82 Å². The summed E-state index contributed by atoms with van der Waals surface area (Å²) in [6.45, 7) is 5.84. The highest BCUT2D eigenvalue weighted by Crippen LogP contribution is 2.21. The van der Waals surface area contributed by atoms with Crippen molar-refractivity contribution in [2.45, 2.75) is 26.3 Å². The molecule has 28 heavy (non-hydrogen) atoms. The molecule has 0 aliphatic carbocycles. The number of nitrogens with one attached hydrogen (secondary N) is 2. The summed E-state index contributed by atoms with van der Waals surface area (Å²) in [6, 6.07) is 4.59. The summed E-state index contributed by atoms with van der Waals surface area (Å²) in [7, 11) is 4.80. The number of benzene rings is 1. The highest BCUT2D eigenvalue weighted by atomic mass is 127. The molecule has 0 saturated carbocycles. The van der Waals surface area contributed by atoms with Crippen LogP contribution >= 0.6 is 24.0 Å². The Balaban J connectivity index is 0.00000729. The van der Waals surface area contributed by atoms with E-state index in [4.69, 9.17) is 9.47 Å². The molecular weight excluding hydrogens is 478 g/mol. The van der Waals surface area contributed by atoms with Crippen molar-refractivity contribution in [2.75, 3.05) is 47.5 Å². The number of aliphatic imine (C=N–C) groups is 1. The van der Waals surface area contributed by atoms with E-state index in [0.717, 1.165) is 12.0 Å². The van der Waals surface area contributed by atoms with Crippen molar-refractivity contribution in [1.82, 2.24) is 15.5 Å². The number of hydrogen-bond acceptors (Lipinski definition) is 4. The van der Waals surface area contributed by atoms with Gasteiger partial charge in [-0.2, -0.15) is 0 Å². The minimum Gasteiger partial charge on any atom is -0.494 e. The second-order valence-electron chi connectivity index (χ2n) is 6.19. The number of carbonyl (C=O) groups excluding carboxylic acids is 1. The number of guanidine groups is 1. The zero-order chi connectivity index (χ0) is 20.2. The van der Waals surface area contributed by atoms with Crippen LogP contribution in [-0.4, -0.2) is 64.3 Å². The van der Waals surface area contributed by atoms with Crippen molar-refractivity contribution in [2.24, 2.45) is 4.99 Å². The molecule has 0 aliphatic rings. The molecule has 0 spiro atoms. The predicted molar refractivity (Wildman–Crippen MR) is 120 cm³/mol. The summed E-state index contributed by atoms with van der Waals surface area (Å²) in [6.07, 6.45) is 0.807. The molecule has 1 aromatic carbocycles. The third-order valence-corrected chi connectivity index (χ3v) is 3.86. The van der Waals surface area contributed by atoms with E-state index in [2.05, 4.69) is 15.6 Å². The van der Waals surface area contributed by atoms with Crippen LogP contribution < -0.4 is 15.4 Å². The van der Waals surface area contributed by atoms with Crippen molar-refractivity contribution in [3.63, 3.8) is 0 Å². The lowest BCUT2D eigenvalue weighted by Crippen LogP contribution is -2.40. The van der Waals surface area contributed by atoms with E-state index in [0.29, 0.717) is 25.7 Å². The SMILES string of the molecule is CCOCCCNC(=NCC(=O)N(C)C)NC(C)c1ccc(OC)c(F)c1.I. The molecule has 0 aromatic heterocycles. The van der Waals surface area contributed by atoms with Gasteiger partial charge in [0, 0.05) is 33.9 Å². The number of halogens is 2. The summed E-state index contributed by atoms with van der Waals surface area (Å²) in [4.78, 5) is 17.6.